The van der Waals surface area contributed by atoms with Crippen molar-refractivity contribution in [2.75, 3.05) is 31.0 Å². The van der Waals surface area contributed by atoms with E-state index in [1.165, 1.54) is 17.6 Å². The van der Waals surface area contributed by atoms with Crippen molar-refractivity contribution in [3.05, 3.63) is 95.6 Å². The molecule has 0 aliphatic carbocycles. The van der Waals surface area contributed by atoms with Crippen LogP contribution in [0.25, 0.3) is 10.8 Å². The quantitative estimate of drug-likeness (QED) is 0.299. The number of amides is 1. The van der Waals surface area contributed by atoms with E-state index >= 15 is 0 Å². The first-order valence-corrected chi connectivity index (χ1v) is 13.2. The van der Waals surface area contributed by atoms with Gasteiger partial charge in [0.05, 0.1) is 30.4 Å². The van der Waals surface area contributed by atoms with Crippen molar-refractivity contribution in [2.45, 2.75) is 11.8 Å². The van der Waals surface area contributed by atoms with E-state index in [0.717, 1.165) is 5.39 Å². The van der Waals surface area contributed by atoms with E-state index in [4.69, 9.17) is 16.3 Å². The van der Waals surface area contributed by atoms with Gasteiger partial charge in [-0.05, 0) is 48.7 Å². The number of halogens is 1. The van der Waals surface area contributed by atoms with E-state index in [1.807, 2.05) is 31.2 Å². The molecule has 4 aromatic rings. The van der Waals surface area contributed by atoms with Crippen LogP contribution in [-0.2, 0) is 10.0 Å². The minimum atomic E-state index is -4.00. The zero-order valence-electron chi connectivity index (χ0n) is 20.0. The smallest absolute Gasteiger partial charge is 0.265 e. The van der Waals surface area contributed by atoms with Crippen LogP contribution in [-0.4, -0.2) is 51.0 Å². The van der Waals surface area contributed by atoms with Gasteiger partial charge in [0.25, 0.3) is 15.9 Å². The Labute approximate surface area is 215 Å². The molecular weight excluding hydrogens is 498 g/mol. The number of sulfonamides is 1. The number of carbonyl (C=O) groups excluding carboxylic acids is 1. The van der Waals surface area contributed by atoms with Gasteiger partial charge in [0.1, 0.15) is 0 Å². The first-order valence-electron chi connectivity index (χ1n) is 11.4. The third-order valence-electron chi connectivity index (χ3n) is 5.87. The molecular formula is C27H26ClN3O4S. The Morgan fingerprint density at radius 1 is 0.944 bits per heavy atom. The minimum Gasteiger partial charge on any atom is -0.481 e. The molecule has 0 saturated heterocycles. The summed E-state index contributed by atoms with van der Waals surface area (Å²) in [5.74, 6) is 0.166. The SMILES string of the molecule is CCN(CCN(c1ccc(OC)nc1)S(=O)(=O)c1cccc2ccccc12)C(=O)c1ccc(Cl)cc1. The van der Waals surface area contributed by atoms with Gasteiger partial charge in [-0.15, -0.1) is 0 Å². The molecule has 9 heteroatoms. The van der Waals surface area contributed by atoms with Crippen LogP contribution >= 0.6 is 11.6 Å². The summed E-state index contributed by atoms with van der Waals surface area (Å²) < 4.78 is 34.5. The Hall–Kier alpha value is -3.62. The van der Waals surface area contributed by atoms with E-state index in [9.17, 15) is 13.2 Å². The summed E-state index contributed by atoms with van der Waals surface area (Å²) in [6.07, 6.45) is 1.46. The maximum atomic E-state index is 14.0. The number of anilines is 1. The summed E-state index contributed by atoms with van der Waals surface area (Å²) in [5.41, 5.74) is 0.856. The van der Waals surface area contributed by atoms with Gasteiger partial charge in [-0.3, -0.25) is 9.10 Å². The Kier molecular flexibility index (Phi) is 7.76. The van der Waals surface area contributed by atoms with Crippen LogP contribution in [0.3, 0.4) is 0 Å². The summed E-state index contributed by atoms with van der Waals surface area (Å²) in [6, 6.07) is 22.4. The lowest BCUT2D eigenvalue weighted by molar-refractivity contribution is 0.0769. The lowest BCUT2D eigenvalue weighted by Crippen LogP contribution is -2.41. The third-order valence-corrected chi connectivity index (χ3v) is 8.01. The average Bonchev–Trinajstić information content (AvgIpc) is 2.91. The van der Waals surface area contributed by atoms with Crippen LogP contribution in [0.1, 0.15) is 17.3 Å². The van der Waals surface area contributed by atoms with Gasteiger partial charge in [0.2, 0.25) is 5.88 Å². The highest BCUT2D eigenvalue weighted by molar-refractivity contribution is 7.93. The van der Waals surface area contributed by atoms with Crippen LogP contribution in [0.4, 0.5) is 5.69 Å². The second-order valence-electron chi connectivity index (χ2n) is 8.00. The summed E-state index contributed by atoms with van der Waals surface area (Å²) in [4.78, 5) is 19.1. The van der Waals surface area contributed by atoms with E-state index in [-0.39, 0.29) is 23.9 Å². The number of ether oxygens (including phenoxy) is 1. The molecule has 0 aliphatic rings. The van der Waals surface area contributed by atoms with E-state index in [2.05, 4.69) is 4.98 Å². The molecule has 36 heavy (non-hydrogen) atoms. The van der Waals surface area contributed by atoms with Gasteiger partial charge in [-0.25, -0.2) is 13.4 Å². The van der Waals surface area contributed by atoms with Crippen LogP contribution in [0.2, 0.25) is 5.02 Å². The molecule has 0 radical (unpaired) electrons. The monoisotopic (exact) mass is 523 g/mol. The van der Waals surface area contributed by atoms with Crippen LogP contribution in [0.5, 0.6) is 5.88 Å². The average molecular weight is 524 g/mol. The van der Waals surface area contributed by atoms with Gasteiger partial charge < -0.3 is 9.64 Å². The number of hydrogen-bond donors (Lipinski definition) is 0. The van der Waals surface area contributed by atoms with Crippen molar-refractivity contribution in [3.8, 4) is 5.88 Å². The second-order valence-corrected chi connectivity index (χ2v) is 10.3. The van der Waals surface area contributed by atoms with E-state index in [0.29, 0.717) is 34.1 Å². The molecule has 1 heterocycles. The summed E-state index contributed by atoms with van der Waals surface area (Å²) >= 11 is 5.96. The number of aromatic nitrogens is 1. The van der Waals surface area contributed by atoms with Gasteiger partial charge >= 0.3 is 0 Å². The molecule has 186 valence electrons. The Morgan fingerprint density at radius 3 is 2.33 bits per heavy atom. The van der Waals surface area contributed by atoms with Crippen molar-refractivity contribution < 1.29 is 17.9 Å². The predicted octanol–water partition coefficient (Wildman–Crippen LogP) is 5.25. The molecule has 0 N–H and O–H groups in total. The summed E-state index contributed by atoms with van der Waals surface area (Å²) in [7, 11) is -2.51. The second kappa shape index (κ2) is 11.0. The molecule has 0 aliphatic heterocycles. The molecule has 0 unspecified atom stereocenters. The molecule has 4 rings (SSSR count). The molecule has 7 nitrogen and oxygen atoms in total. The Morgan fingerprint density at radius 2 is 1.67 bits per heavy atom. The number of hydrogen-bond acceptors (Lipinski definition) is 5. The largest absolute Gasteiger partial charge is 0.481 e. The zero-order chi connectivity index (χ0) is 25.7. The fraction of sp³-hybridized carbons (Fsp3) is 0.185. The van der Waals surface area contributed by atoms with Gasteiger partial charge in [-0.1, -0.05) is 48.0 Å². The normalized spacial score (nSPS) is 11.3. The lowest BCUT2D eigenvalue weighted by atomic mass is 10.1. The predicted molar refractivity (Wildman–Crippen MR) is 142 cm³/mol. The molecule has 0 saturated carbocycles. The van der Waals surface area contributed by atoms with Gasteiger partial charge in [-0.2, -0.15) is 0 Å². The first kappa shape index (κ1) is 25.5. The Balaban J connectivity index is 1.70. The van der Waals surface area contributed by atoms with Gasteiger partial charge in [0, 0.05) is 35.1 Å². The first-order chi connectivity index (χ1) is 17.3. The fourth-order valence-electron chi connectivity index (χ4n) is 3.96. The van der Waals surface area contributed by atoms with Crippen LogP contribution in [0.15, 0.2) is 90.0 Å². The highest BCUT2D eigenvalue weighted by Gasteiger charge is 2.28. The standard InChI is InChI=1S/C27H26ClN3O4S/c1-3-30(27(32)21-11-13-22(28)14-12-21)17-18-31(23-15-16-26(35-2)29-19-23)36(33,34)25-10-6-8-20-7-4-5-9-24(20)25/h4-16,19H,3,17-18H2,1-2H3. The molecule has 0 bridgehead atoms. The number of benzene rings is 3. The number of nitrogens with zero attached hydrogens (tertiary/aromatic N) is 3. The summed E-state index contributed by atoms with van der Waals surface area (Å²) in [5, 5.41) is 1.98. The van der Waals surface area contributed by atoms with Gasteiger partial charge in [0.15, 0.2) is 0 Å². The highest BCUT2D eigenvalue weighted by Crippen LogP contribution is 2.29. The van der Waals surface area contributed by atoms with E-state index < -0.39 is 10.0 Å². The number of rotatable bonds is 9. The highest BCUT2D eigenvalue weighted by atomic mass is 35.5. The topological polar surface area (TPSA) is 79.8 Å². The summed E-state index contributed by atoms with van der Waals surface area (Å²) in [6.45, 7) is 2.47. The molecule has 0 atom stereocenters. The van der Waals surface area contributed by atoms with Crippen molar-refractivity contribution >= 4 is 44.0 Å². The number of pyridine rings is 1. The molecule has 0 fully saturated rings. The number of likely N-dealkylation sites (N-methyl/N-ethyl adjacent to an activating group) is 1. The Bertz CT molecular complexity index is 1450. The van der Waals surface area contributed by atoms with E-state index in [1.54, 1.807) is 59.5 Å². The number of fused-ring (bicyclic) bond motifs is 1. The van der Waals surface area contributed by atoms with Crippen LogP contribution < -0.4 is 9.04 Å². The third kappa shape index (κ3) is 5.29. The molecule has 3 aromatic carbocycles. The lowest BCUT2D eigenvalue weighted by Gasteiger charge is -2.28. The van der Waals surface area contributed by atoms with Crippen molar-refractivity contribution in [2.24, 2.45) is 0 Å². The fourth-order valence-corrected chi connectivity index (χ4v) is 5.74. The minimum absolute atomic E-state index is 0.0345. The van der Waals surface area contributed by atoms with Crippen LogP contribution in [0, 0.1) is 0 Å². The molecule has 0 spiro atoms. The maximum Gasteiger partial charge on any atom is 0.265 e. The number of carbonyl (C=O) groups is 1. The number of methoxy groups -OCH3 is 1. The molecule has 1 aromatic heterocycles. The maximum absolute atomic E-state index is 14.0. The zero-order valence-corrected chi connectivity index (χ0v) is 21.5. The van der Waals surface area contributed by atoms with Crippen molar-refractivity contribution in [1.82, 2.24) is 9.88 Å². The van der Waals surface area contributed by atoms with Crippen molar-refractivity contribution in [3.63, 3.8) is 0 Å². The molecule has 1 amide bonds. The van der Waals surface area contributed by atoms with Crippen molar-refractivity contribution in [1.29, 1.82) is 0 Å².